The second-order valence-corrected chi connectivity index (χ2v) is 3.13. The van der Waals surface area contributed by atoms with Crippen LogP contribution in [0.4, 0.5) is 5.82 Å². The zero-order chi connectivity index (χ0) is 11.3. The smallest absolute Gasteiger partial charge is 0.252 e. The van der Waals surface area contributed by atoms with Crippen molar-refractivity contribution < 1.29 is 4.79 Å². The molecule has 0 fully saturated rings. The van der Waals surface area contributed by atoms with Gasteiger partial charge in [-0.1, -0.05) is 0 Å². The lowest BCUT2D eigenvalue weighted by molar-refractivity contribution is -0.118. The number of aromatic nitrogens is 2. The highest BCUT2D eigenvalue weighted by Crippen LogP contribution is 1.95. The summed E-state index contributed by atoms with van der Waals surface area (Å²) in [5.41, 5.74) is -0.190. The molecule has 0 atom stereocenters. The minimum absolute atomic E-state index is 0.0770. The molecule has 6 nitrogen and oxygen atoms in total. The van der Waals surface area contributed by atoms with Gasteiger partial charge in [0, 0.05) is 26.1 Å². The number of aryl methyl sites for hydroxylation is 1. The number of nitrogens with one attached hydrogen (secondary N) is 3. The number of rotatable bonds is 4. The number of hydrogen-bond acceptors (Lipinski definition) is 4. The largest absolute Gasteiger partial charge is 0.368 e. The van der Waals surface area contributed by atoms with Crippen LogP contribution in [0.2, 0.25) is 0 Å². The van der Waals surface area contributed by atoms with E-state index in [9.17, 15) is 9.59 Å². The fraction of sp³-hybridized carbons (Fsp3) is 0.444. The average Bonchev–Trinajstić information content (AvgIpc) is 2.10. The summed E-state index contributed by atoms with van der Waals surface area (Å²) in [6.45, 7) is 4.20. The van der Waals surface area contributed by atoms with E-state index < -0.39 is 0 Å². The van der Waals surface area contributed by atoms with E-state index in [1.54, 1.807) is 6.92 Å². The Kier molecular flexibility index (Phi) is 3.84. The third-order valence-corrected chi connectivity index (χ3v) is 1.67. The molecule has 1 aromatic heterocycles. The highest BCUT2D eigenvalue weighted by molar-refractivity contribution is 5.72. The van der Waals surface area contributed by atoms with Gasteiger partial charge in [-0.05, 0) is 6.92 Å². The van der Waals surface area contributed by atoms with Crippen LogP contribution >= 0.6 is 0 Å². The van der Waals surface area contributed by atoms with Gasteiger partial charge >= 0.3 is 0 Å². The number of carbonyl (C=O) groups is 1. The van der Waals surface area contributed by atoms with Crippen molar-refractivity contribution in [3.8, 4) is 0 Å². The Hall–Kier alpha value is -1.85. The van der Waals surface area contributed by atoms with Crippen LogP contribution in [0.1, 0.15) is 12.7 Å². The maximum absolute atomic E-state index is 11.0. The first-order chi connectivity index (χ1) is 7.08. The van der Waals surface area contributed by atoms with Crippen molar-refractivity contribution in [1.29, 1.82) is 0 Å². The number of aromatic amines is 1. The first kappa shape index (κ1) is 11.2. The summed E-state index contributed by atoms with van der Waals surface area (Å²) in [5.74, 6) is 0.998. The third-order valence-electron chi connectivity index (χ3n) is 1.67. The lowest BCUT2D eigenvalue weighted by Crippen LogP contribution is -2.26. The molecule has 0 aromatic carbocycles. The predicted octanol–water partition coefficient (Wildman–Crippen LogP) is -0.374. The van der Waals surface area contributed by atoms with Crippen molar-refractivity contribution in [3.05, 3.63) is 22.2 Å². The molecule has 0 saturated carbocycles. The molecule has 0 bridgehead atoms. The van der Waals surface area contributed by atoms with Crippen molar-refractivity contribution in [2.24, 2.45) is 0 Å². The van der Waals surface area contributed by atoms with Crippen LogP contribution in [-0.2, 0) is 4.79 Å². The zero-order valence-corrected chi connectivity index (χ0v) is 8.76. The molecule has 0 unspecified atom stereocenters. The Morgan fingerprint density at radius 2 is 2.27 bits per heavy atom. The van der Waals surface area contributed by atoms with Gasteiger partial charge in [-0.3, -0.25) is 9.59 Å². The molecule has 0 aliphatic rings. The summed E-state index contributed by atoms with van der Waals surface area (Å²) in [7, 11) is 0. The second-order valence-electron chi connectivity index (χ2n) is 3.13. The number of anilines is 1. The minimum atomic E-state index is -0.190. The van der Waals surface area contributed by atoms with E-state index in [0.717, 1.165) is 0 Å². The molecule has 1 aromatic rings. The number of carbonyl (C=O) groups excluding carboxylic acids is 1. The average molecular weight is 210 g/mol. The number of nitrogens with zero attached hydrogens (tertiary/aromatic N) is 1. The van der Waals surface area contributed by atoms with Gasteiger partial charge in [-0.25, -0.2) is 4.98 Å². The maximum Gasteiger partial charge on any atom is 0.252 e. The van der Waals surface area contributed by atoms with E-state index in [1.165, 1.54) is 13.0 Å². The highest BCUT2D eigenvalue weighted by Gasteiger charge is 1.96. The molecule has 0 aliphatic carbocycles. The molecule has 1 amide bonds. The van der Waals surface area contributed by atoms with E-state index in [0.29, 0.717) is 24.7 Å². The van der Waals surface area contributed by atoms with E-state index >= 15 is 0 Å². The SMILES string of the molecule is CC(=O)NCCNc1cc(=O)[nH]c(C)n1. The van der Waals surface area contributed by atoms with Crippen molar-refractivity contribution in [2.45, 2.75) is 13.8 Å². The Bertz CT molecular complexity index is 399. The molecular formula is C9H14N4O2. The fourth-order valence-electron chi connectivity index (χ4n) is 1.10. The van der Waals surface area contributed by atoms with Gasteiger partial charge in [0.1, 0.15) is 11.6 Å². The van der Waals surface area contributed by atoms with Gasteiger partial charge in [-0.2, -0.15) is 0 Å². The molecule has 15 heavy (non-hydrogen) atoms. The van der Waals surface area contributed by atoms with Crippen LogP contribution in [0.5, 0.6) is 0 Å². The first-order valence-electron chi connectivity index (χ1n) is 4.64. The van der Waals surface area contributed by atoms with E-state index in [2.05, 4.69) is 20.6 Å². The van der Waals surface area contributed by atoms with E-state index in [4.69, 9.17) is 0 Å². The Morgan fingerprint density at radius 1 is 1.53 bits per heavy atom. The quantitative estimate of drug-likeness (QED) is 0.591. The Balaban J connectivity index is 2.44. The van der Waals surface area contributed by atoms with Crippen LogP contribution in [0, 0.1) is 6.92 Å². The van der Waals surface area contributed by atoms with Crippen molar-refractivity contribution in [3.63, 3.8) is 0 Å². The van der Waals surface area contributed by atoms with Gasteiger partial charge < -0.3 is 15.6 Å². The molecular weight excluding hydrogens is 196 g/mol. The molecule has 0 spiro atoms. The number of hydrogen-bond donors (Lipinski definition) is 3. The summed E-state index contributed by atoms with van der Waals surface area (Å²) in [6.07, 6.45) is 0. The molecule has 6 heteroatoms. The van der Waals surface area contributed by atoms with Gasteiger partial charge in [0.25, 0.3) is 5.56 Å². The van der Waals surface area contributed by atoms with Gasteiger partial charge in [-0.15, -0.1) is 0 Å². The van der Waals surface area contributed by atoms with E-state index in [1.807, 2.05) is 0 Å². The number of H-pyrrole nitrogens is 1. The molecule has 1 heterocycles. The molecule has 0 saturated heterocycles. The molecule has 0 radical (unpaired) electrons. The highest BCUT2D eigenvalue weighted by atomic mass is 16.1. The van der Waals surface area contributed by atoms with Crippen LogP contribution in [-0.4, -0.2) is 29.0 Å². The Morgan fingerprint density at radius 3 is 2.87 bits per heavy atom. The van der Waals surface area contributed by atoms with Crippen LogP contribution in [0.25, 0.3) is 0 Å². The molecule has 1 rings (SSSR count). The van der Waals surface area contributed by atoms with Crippen LogP contribution in [0.3, 0.4) is 0 Å². The predicted molar refractivity (Wildman–Crippen MR) is 56.8 cm³/mol. The molecule has 3 N–H and O–H groups in total. The van der Waals surface area contributed by atoms with Gasteiger partial charge in [0.05, 0.1) is 0 Å². The van der Waals surface area contributed by atoms with Crippen molar-refractivity contribution in [1.82, 2.24) is 15.3 Å². The second kappa shape index (κ2) is 5.14. The van der Waals surface area contributed by atoms with Crippen molar-refractivity contribution in [2.75, 3.05) is 18.4 Å². The number of amides is 1. The molecule has 0 aliphatic heterocycles. The summed E-state index contributed by atoms with van der Waals surface area (Å²) >= 11 is 0. The maximum atomic E-state index is 11.0. The topological polar surface area (TPSA) is 86.9 Å². The van der Waals surface area contributed by atoms with Crippen molar-refractivity contribution >= 4 is 11.7 Å². The summed E-state index contributed by atoms with van der Waals surface area (Å²) < 4.78 is 0. The summed E-state index contributed by atoms with van der Waals surface area (Å²) in [4.78, 5) is 28.2. The molecule has 82 valence electrons. The standard InChI is InChI=1S/C9H14N4O2/c1-6-12-8(5-9(15)13-6)11-4-3-10-7(2)14/h5H,3-4H2,1-2H3,(H,10,14)(H2,11,12,13,15). The summed E-state index contributed by atoms with van der Waals surface area (Å²) in [5, 5.41) is 5.57. The normalized spacial score (nSPS) is 9.73. The first-order valence-corrected chi connectivity index (χ1v) is 4.64. The van der Waals surface area contributed by atoms with Gasteiger partial charge in [0.15, 0.2) is 0 Å². The zero-order valence-electron chi connectivity index (χ0n) is 8.76. The van der Waals surface area contributed by atoms with Crippen LogP contribution in [0.15, 0.2) is 10.9 Å². The third kappa shape index (κ3) is 4.26. The monoisotopic (exact) mass is 210 g/mol. The Labute approximate surface area is 87.1 Å². The van der Waals surface area contributed by atoms with E-state index in [-0.39, 0.29) is 11.5 Å². The fourth-order valence-corrected chi connectivity index (χ4v) is 1.10. The lowest BCUT2D eigenvalue weighted by atomic mass is 10.5. The minimum Gasteiger partial charge on any atom is -0.368 e. The lowest BCUT2D eigenvalue weighted by Gasteiger charge is -2.05. The van der Waals surface area contributed by atoms with Crippen LogP contribution < -0.4 is 16.2 Å². The van der Waals surface area contributed by atoms with Gasteiger partial charge in [0.2, 0.25) is 5.91 Å². The summed E-state index contributed by atoms with van der Waals surface area (Å²) in [6, 6.07) is 1.38.